The summed E-state index contributed by atoms with van der Waals surface area (Å²) in [4.78, 5) is 41.5. The Morgan fingerprint density at radius 3 is 2.60 bits per heavy atom. The van der Waals surface area contributed by atoms with E-state index in [1.165, 1.54) is 0 Å². The van der Waals surface area contributed by atoms with Crippen molar-refractivity contribution in [1.82, 2.24) is 20.5 Å². The first kappa shape index (κ1) is 16.6. The smallest absolute Gasteiger partial charge is 0.325 e. The number of aromatic nitrogens is 1. The summed E-state index contributed by atoms with van der Waals surface area (Å²) < 4.78 is 0. The minimum Gasteiger partial charge on any atom is -0.352 e. The van der Waals surface area contributed by atoms with Gasteiger partial charge in [-0.05, 0) is 17.2 Å². The van der Waals surface area contributed by atoms with E-state index in [0.29, 0.717) is 6.54 Å². The number of carbonyl (C=O) groups excluding carboxylic acids is 3. The van der Waals surface area contributed by atoms with Crippen molar-refractivity contribution in [1.29, 1.82) is 0 Å². The first-order chi connectivity index (χ1) is 12.1. The number of nitrogens with zero attached hydrogens (tertiary/aromatic N) is 2. The van der Waals surface area contributed by atoms with Crippen molar-refractivity contribution in [2.75, 3.05) is 0 Å². The molecule has 1 aromatic carbocycles. The van der Waals surface area contributed by atoms with E-state index in [1.807, 2.05) is 36.4 Å². The van der Waals surface area contributed by atoms with Crippen LogP contribution in [-0.2, 0) is 22.7 Å². The predicted octanol–water partition coefficient (Wildman–Crippen LogP) is 1.21. The number of nitrogens with one attached hydrogen (secondary N) is 2. The average Bonchev–Trinajstić information content (AvgIpc) is 2.89. The van der Waals surface area contributed by atoms with Gasteiger partial charge in [0.25, 0.3) is 5.91 Å². The van der Waals surface area contributed by atoms with Gasteiger partial charge in [-0.25, -0.2) is 4.79 Å². The van der Waals surface area contributed by atoms with Crippen molar-refractivity contribution < 1.29 is 14.4 Å². The molecule has 1 aromatic heterocycles. The molecule has 1 saturated heterocycles. The van der Waals surface area contributed by atoms with Crippen molar-refractivity contribution in [2.24, 2.45) is 0 Å². The third kappa shape index (κ3) is 4.20. The number of rotatable bonds is 6. The molecule has 0 saturated carbocycles. The van der Waals surface area contributed by atoms with E-state index >= 15 is 0 Å². The molecule has 0 spiro atoms. The van der Waals surface area contributed by atoms with Gasteiger partial charge in [-0.1, -0.05) is 36.4 Å². The molecule has 1 atom stereocenters. The molecule has 2 heterocycles. The lowest BCUT2D eigenvalue weighted by Gasteiger charge is -2.13. The topological polar surface area (TPSA) is 91.4 Å². The van der Waals surface area contributed by atoms with Crippen molar-refractivity contribution in [3.8, 4) is 0 Å². The van der Waals surface area contributed by atoms with E-state index < -0.39 is 12.1 Å². The Balaban J connectivity index is 1.54. The van der Waals surface area contributed by atoms with E-state index in [4.69, 9.17) is 0 Å². The van der Waals surface area contributed by atoms with Crippen LogP contribution in [0.4, 0.5) is 4.79 Å². The number of urea groups is 1. The Morgan fingerprint density at radius 1 is 1.12 bits per heavy atom. The van der Waals surface area contributed by atoms with Crippen LogP contribution in [0.3, 0.4) is 0 Å². The summed E-state index contributed by atoms with van der Waals surface area (Å²) in [6.07, 6.45) is 3.22. The Kier molecular flexibility index (Phi) is 5.03. The molecule has 2 aromatic rings. The van der Waals surface area contributed by atoms with Crippen LogP contribution < -0.4 is 10.6 Å². The Bertz CT molecular complexity index is 764. The first-order valence-electron chi connectivity index (χ1n) is 7.95. The quantitative estimate of drug-likeness (QED) is 0.775. The maximum atomic E-state index is 12.4. The van der Waals surface area contributed by atoms with Gasteiger partial charge in [0.05, 0.1) is 13.0 Å². The maximum absolute atomic E-state index is 12.4. The van der Waals surface area contributed by atoms with Crippen molar-refractivity contribution >= 4 is 17.8 Å². The number of carbonyl (C=O) groups is 3. The van der Waals surface area contributed by atoms with Crippen LogP contribution >= 0.6 is 0 Å². The Labute approximate surface area is 145 Å². The number of imide groups is 1. The molecule has 3 rings (SSSR count). The van der Waals surface area contributed by atoms with Crippen LogP contribution in [-0.4, -0.2) is 33.8 Å². The molecule has 0 aliphatic carbocycles. The molecular formula is C18H18N4O3. The summed E-state index contributed by atoms with van der Waals surface area (Å²) in [5, 5.41) is 5.29. The molecule has 0 radical (unpaired) electrons. The van der Waals surface area contributed by atoms with Crippen LogP contribution in [0.25, 0.3) is 0 Å². The molecule has 0 unspecified atom stereocenters. The molecule has 7 heteroatoms. The van der Waals surface area contributed by atoms with Gasteiger partial charge >= 0.3 is 6.03 Å². The Morgan fingerprint density at radius 2 is 1.88 bits per heavy atom. The van der Waals surface area contributed by atoms with Crippen LogP contribution in [0, 0.1) is 0 Å². The molecule has 4 amide bonds. The average molecular weight is 338 g/mol. The molecule has 25 heavy (non-hydrogen) atoms. The highest BCUT2D eigenvalue weighted by molar-refractivity contribution is 6.05. The van der Waals surface area contributed by atoms with Gasteiger partial charge in [0, 0.05) is 18.9 Å². The molecule has 1 aliphatic heterocycles. The van der Waals surface area contributed by atoms with Crippen LogP contribution in [0.1, 0.15) is 17.5 Å². The van der Waals surface area contributed by atoms with Gasteiger partial charge in [0.15, 0.2) is 0 Å². The second-order valence-electron chi connectivity index (χ2n) is 5.75. The third-order valence-electron chi connectivity index (χ3n) is 3.89. The van der Waals surface area contributed by atoms with Gasteiger partial charge in [-0.2, -0.15) is 0 Å². The van der Waals surface area contributed by atoms with Crippen LogP contribution in [0.2, 0.25) is 0 Å². The van der Waals surface area contributed by atoms with Crippen molar-refractivity contribution in [3.63, 3.8) is 0 Å². The van der Waals surface area contributed by atoms with E-state index in [0.717, 1.165) is 16.0 Å². The van der Waals surface area contributed by atoms with Gasteiger partial charge in [0.2, 0.25) is 5.91 Å². The summed E-state index contributed by atoms with van der Waals surface area (Å²) in [5.41, 5.74) is 1.72. The fourth-order valence-electron chi connectivity index (χ4n) is 2.59. The monoisotopic (exact) mass is 338 g/mol. The van der Waals surface area contributed by atoms with Crippen LogP contribution in [0.5, 0.6) is 0 Å². The third-order valence-corrected chi connectivity index (χ3v) is 3.89. The number of pyridine rings is 1. The molecule has 7 nitrogen and oxygen atoms in total. The highest BCUT2D eigenvalue weighted by Crippen LogP contribution is 2.14. The normalized spacial score (nSPS) is 16.6. The van der Waals surface area contributed by atoms with Gasteiger partial charge < -0.3 is 10.6 Å². The summed E-state index contributed by atoms with van der Waals surface area (Å²) in [6, 6.07) is 11.6. The minimum atomic E-state index is -0.829. The number of benzene rings is 1. The molecule has 1 aliphatic rings. The lowest BCUT2D eigenvalue weighted by molar-refractivity contribution is -0.131. The number of hydrogen-bond donors (Lipinski definition) is 2. The lowest BCUT2D eigenvalue weighted by atomic mass is 10.1. The van der Waals surface area contributed by atoms with Crippen molar-refractivity contribution in [2.45, 2.75) is 25.6 Å². The highest BCUT2D eigenvalue weighted by Gasteiger charge is 2.38. The Hall–Kier alpha value is -3.22. The molecule has 2 N–H and O–H groups in total. The van der Waals surface area contributed by atoms with Gasteiger partial charge in [-0.3, -0.25) is 19.5 Å². The van der Waals surface area contributed by atoms with Gasteiger partial charge in [0.1, 0.15) is 6.04 Å². The molecule has 128 valence electrons. The zero-order valence-electron chi connectivity index (χ0n) is 13.5. The van der Waals surface area contributed by atoms with Gasteiger partial charge in [-0.15, -0.1) is 0 Å². The summed E-state index contributed by atoms with van der Waals surface area (Å²) >= 11 is 0. The molecular weight excluding hydrogens is 320 g/mol. The van der Waals surface area contributed by atoms with E-state index in [2.05, 4.69) is 15.6 Å². The first-order valence-corrected chi connectivity index (χ1v) is 7.95. The van der Waals surface area contributed by atoms with Crippen LogP contribution in [0.15, 0.2) is 54.9 Å². The second kappa shape index (κ2) is 7.57. The maximum Gasteiger partial charge on any atom is 0.325 e. The summed E-state index contributed by atoms with van der Waals surface area (Å²) in [5.74, 6) is -0.686. The number of amides is 4. The summed E-state index contributed by atoms with van der Waals surface area (Å²) in [6.45, 7) is 0.522. The lowest BCUT2D eigenvalue weighted by Crippen LogP contribution is -2.36. The summed E-state index contributed by atoms with van der Waals surface area (Å²) in [7, 11) is 0. The largest absolute Gasteiger partial charge is 0.352 e. The predicted molar refractivity (Wildman–Crippen MR) is 90.0 cm³/mol. The molecule has 0 bridgehead atoms. The minimum absolute atomic E-state index is 0.0872. The highest BCUT2D eigenvalue weighted by atomic mass is 16.2. The van der Waals surface area contributed by atoms with E-state index in [1.54, 1.807) is 18.5 Å². The zero-order chi connectivity index (χ0) is 17.6. The van der Waals surface area contributed by atoms with E-state index in [-0.39, 0.29) is 24.8 Å². The standard InChI is InChI=1S/C18H18N4O3/c23-16(20-11-14-7-4-8-19-10-14)9-15-17(24)22(18(25)21-15)12-13-5-2-1-3-6-13/h1-8,10,15H,9,11-12H2,(H,20,23)(H,21,25)/t15-/m0/s1. The zero-order valence-corrected chi connectivity index (χ0v) is 13.5. The SMILES string of the molecule is O=C(C[C@@H]1NC(=O)N(Cc2ccccc2)C1=O)NCc1cccnc1. The fourth-order valence-corrected chi connectivity index (χ4v) is 2.59. The second-order valence-corrected chi connectivity index (χ2v) is 5.75. The van der Waals surface area contributed by atoms with Crippen molar-refractivity contribution in [3.05, 3.63) is 66.0 Å². The number of hydrogen-bond acceptors (Lipinski definition) is 4. The fraction of sp³-hybridized carbons (Fsp3) is 0.222. The van der Waals surface area contributed by atoms with E-state index in [9.17, 15) is 14.4 Å². The molecule has 1 fully saturated rings.